The van der Waals surface area contributed by atoms with E-state index < -0.39 is 0 Å². The van der Waals surface area contributed by atoms with Crippen molar-refractivity contribution in [3.05, 3.63) is 65.5 Å². The van der Waals surface area contributed by atoms with Crippen LogP contribution < -0.4 is 10.1 Å². The lowest BCUT2D eigenvalue weighted by atomic mass is 10.2. The molecule has 0 unspecified atom stereocenters. The van der Waals surface area contributed by atoms with Gasteiger partial charge in [0, 0.05) is 25.3 Å². The van der Waals surface area contributed by atoms with Crippen LogP contribution in [0.2, 0.25) is 0 Å². The van der Waals surface area contributed by atoms with Gasteiger partial charge in [-0.2, -0.15) is 0 Å². The fraction of sp³-hybridized carbons (Fsp3) is 0.333. The quantitative estimate of drug-likeness (QED) is 0.719. The first-order valence-electron chi connectivity index (χ1n) is 7.53. The first kappa shape index (κ1) is 16.5. The molecule has 0 radical (unpaired) electrons. The Hall–Kier alpha value is -1.91. The van der Waals surface area contributed by atoms with E-state index in [-0.39, 0.29) is 5.82 Å². The van der Waals surface area contributed by atoms with Crippen molar-refractivity contribution in [2.75, 3.05) is 19.8 Å². The molecular weight excluding hydrogens is 281 g/mol. The van der Waals surface area contributed by atoms with E-state index in [4.69, 9.17) is 9.47 Å². The molecule has 22 heavy (non-hydrogen) atoms. The van der Waals surface area contributed by atoms with E-state index in [9.17, 15) is 4.39 Å². The molecule has 0 aromatic heterocycles. The third-order valence-electron chi connectivity index (χ3n) is 3.22. The molecule has 0 spiro atoms. The standard InChI is InChI=1S/C18H22FNO2/c1-2-21-11-12-22-18-6-4-3-5-16(18)14-20-13-15-7-9-17(19)10-8-15/h3-10,20H,2,11-14H2,1H3. The molecule has 0 amide bonds. The number of hydrogen-bond acceptors (Lipinski definition) is 3. The topological polar surface area (TPSA) is 30.5 Å². The molecule has 0 bridgehead atoms. The zero-order valence-corrected chi connectivity index (χ0v) is 12.8. The van der Waals surface area contributed by atoms with E-state index in [1.54, 1.807) is 12.1 Å². The van der Waals surface area contributed by atoms with Crippen molar-refractivity contribution >= 4 is 0 Å². The van der Waals surface area contributed by atoms with Gasteiger partial charge in [-0.1, -0.05) is 30.3 Å². The normalized spacial score (nSPS) is 10.6. The molecule has 2 rings (SSSR count). The average molecular weight is 303 g/mol. The molecular formula is C18H22FNO2. The molecule has 0 saturated heterocycles. The van der Waals surface area contributed by atoms with Crippen molar-refractivity contribution in [2.24, 2.45) is 0 Å². The maximum atomic E-state index is 12.9. The summed E-state index contributed by atoms with van der Waals surface area (Å²) in [5.74, 6) is 0.658. The summed E-state index contributed by atoms with van der Waals surface area (Å²) >= 11 is 0. The molecule has 0 aliphatic carbocycles. The molecule has 0 saturated carbocycles. The lowest BCUT2D eigenvalue weighted by Gasteiger charge is -2.12. The predicted molar refractivity (Wildman–Crippen MR) is 85.4 cm³/mol. The van der Waals surface area contributed by atoms with Gasteiger partial charge in [0.2, 0.25) is 0 Å². The van der Waals surface area contributed by atoms with Crippen LogP contribution in [0, 0.1) is 5.82 Å². The van der Waals surface area contributed by atoms with E-state index in [0.717, 1.165) is 16.9 Å². The van der Waals surface area contributed by atoms with Crippen LogP contribution in [0.1, 0.15) is 18.1 Å². The summed E-state index contributed by atoms with van der Waals surface area (Å²) in [5.41, 5.74) is 2.15. The van der Waals surface area contributed by atoms with Crippen LogP contribution in [0.15, 0.2) is 48.5 Å². The molecule has 2 aromatic carbocycles. The third kappa shape index (κ3) is 5.47. The molecule has 3 nitrogen and oxygen atoms in total. The van der Waals surface area contributed by atoms with E-state index in [0.29, 0.717) is 32.9 Å². The number of ether oxygens (including phenoxy) is 2. The van der Waals surface area contributed by atoms with Crippen LogP contribution in [0.25, 0.3) is 0 Å². The highest BCUT2D eigenvalue weighted by molar-refractivity contribution is 5.33. The second kappa shape index (κ2) is 9.18. The van der Waals surface area contributed by atoms with Gasteiger partial charge in [-0.05, 0) is 30.7 Å². The van der Waals surface area contributed by atoms with Crippen molar-refractivity contribution < 1.29 is 13.9 Å². The summed E-state index contributed by atoms with van der Waals surface area (Å²) in [7, 11) is 0. The number of para-hydroxylation sites is 1. The first-order valence-corrected chi connectivity index (χ1v) is 7.53. The number of nitrogens with one attached hydrogen (secondary N) is 1. The van der Waals surface area contributed by atoms with Crippen LogP contribution in [0.4, 0.5) is 4.39 Å². The van der Waals surface area contributed by atoms with E-state index >= 15 is 0 Å². The summed E-state index contributed by atoms with van der Waals surface area (Å²) in [5, 5.41) is 3.35. The molecule has 0 atom stereocenters. The van der Waals surface area contributed by atoms with Crippen LogP contribution in [0.5, 0.6) is 5.75 Å². The minimum absolute atomic E-state index is 0.211. The van der Waals surface area contributed by atoms with Gasteiger partial charge in [-0.25, -0.2) is 4.39 Å². The summed E-state index contributed by atoms with van der Waals surface area (Å²) < 4.78 is 23.9. The van der Waals surface area contributed by atoms with Crippen LogP contribution >= 0.6 is 0 Å². The largest absolute Gasteiger partial charge is 0.491 e. The molecule has 1 N–H and O–H groups in total. The van der Waals surface area contributed by atoms with Crippen molar-refractivity contribution in [1.82, 2.24) is 5.32 Å². The van der Waals surface area contributed by atoms with Gasteiger partial charge in [0.1, 0.15) is 18.2 Å². The van der Waals surface area contributed by atoms with Gasteiger partial charge in [-0.3, -0.25) is 0 Å². The highest BCUT2D eigenvalue weighted by Gasteiger charge is 2.03. The van der Waals surface area contributed by atoms with Crippen molar-refractivity contribution in [1.29, 1.82) is 0 Å². The maximum Gasteiger partial charge on any atom is 0.123 e. The Kier molecular flexibility index (Phi) is 6.87. The molecule has 0 heterocycles. The lowest BCUT2D eigenvalue weighted by molar-refractivity contribution is 0.110. The molecule has 2 aromatic rings. The SMILES string of the molecule is CCOCCOc1ccccc1CNCc1ccc(F)cc1. The Morgan fingerprint density at radius 1 is 0.955 bits per heavy atom. The number of benzene rings is 2. The number of hydrogen-bond donors (Lipinski definition) is 1. The Balaban J connectivity index is 1.82. The fourth-order valence-electron chi connectivity index (χ4n) is 2.09. The van der Waals surface area contributed by atoms with E-state index in [1.165, 1.54) is 12.1 Å². The van der Waals surface area contributed by atoms with Gasteiger partial charge < -0.3 is 14.8 Å². The fourth-order valence-corrected chi connectivity index (χ4v) is 2.09. The monoisotopic (exact) mass is 303 g/mol. The summed E-state index contributed by atoms with van der Waals surface area (Å²) in [6.45, 7) is 5.18. The van der Waals surface area contributed by atoms with E-state index in [1.807, 2.05) is 31.2 Å². The van der Waals surface area contributed by atoms with Crippen LogP contribution in [0.3, 0.4) is 0 Å². The second-order valence-electron chi connectivity index (χ2n) is 4.88. The summed E-state index contributed by atoms with van der Waals surface area (Å²) in [6, 6.07) is 14.5. The Bertz CT molecular complexity index is 557. The van der Waals surface area contributed by atoms with Crippen molar-refractivity contribution in [2.45, 2.75) is 20.0 Å². The molecule has 0 aliphatic heterocycles. The average Bonchev–Trinajstić information content (AvgIpc) is 2.55. The zero-order chi connectivity index (χ0) is 15.6. The molecule has 118 valence electrons. The van der Waals surface area contributed by atoms with Gasteiger partial charge in [0.25, 0.3) is 0 Å². The van der Waals surface area contributed by atoms with Crippen LogP contribution in [-0.2, 0) is 17.8 Å². The smallest absolute Gasteiger partial charge is 0.123 e. The predicted octanol–water partition coefficient (Wildman–Crippen LogP) is 3.53. The molecule has 4 heteroatoms. The van der Waals surface area contributed by atoms with Gasteiger partial charge in [0.15, 0.2) is 0 Å². The summed E-state index contributed by atoms with van der Waals surface area (Å²) in [6.07, 6.45) is 0. The Morgan fingerprint density at radius 3 is 2.50 bits per heavy atom. The van der Waals surface area contributed by atoms with Gasteiger partial charge in [0.05, 0.1) is 6.61 Å². The minimum Gasteiger partial charge on any atom is -0.491 e. The van der Waals surface area contributed by atoms with Gasteiger partial charge in [-0.15, -0.1) is 0 Å². The molecule has 0 aliphatic rings. The lowest BCUT2D eigenvalue weighted by Crippen LogP contribution is -2.14. The second-order valence-corrected chi connectivity index (χ2v) is 4.88. The Morgan fingerprint density at radius 2 is 1.73 bits per heavy atom. The zero-order valence-electron chi connectivity index (χ0n) is 12.8. The van der Waals surface area contributed by atoms with E-state index in [2.05, 4.69) is 5.32 Å². The molecule has 0 fully saturated rings. The highest BCUT2D eigenvalue weighted by Crippen LogP contribution is 2.17. The van der Waals surface area contributed by atoms with Gasteiger partial charge >= 0.3 is 0 Å². The third-order valence-corrected chi connectivity index (χ3v) is 3.22. The van der Waals surface area contributed by atoms with Crippen molar-refractivity contribution in [3.63, 3.8) is 0 Å². The summed E-state index contributed by atoms with van der Waals surface area (Å²) in [4.78, 5) is 0. The maximum absolute atomic E-state index is 12.9. The highest BCUT2D eigenvalue weighted by atomic mass is 19.1. The van der Waals surface area contributed by atoms with Crippen molar-refractivity contribution in [3.8, 4) is 5.75 Å². The number of halogens is 1. The number of rotatable bonds is 9. The first-order chi connectivity index (χ1) is 10.8. The Labute approximate surface area is 131 Å². The van der Waals surface area contributed by atoms with Crippen LogP contribution in [-0.4, -0.2) is 19.8 Å². The minimum atomic E-state index is -0.211.